The van der Waals surface area contributed by atoms with Gasteiger partial charge >= 0.3 is 0 Å². The summed E-state index contributed by atoms with van der Waals surface area (Å²) in [5, 5.41) is 2.75. The highest BCUT2D eigenvalue weighted by atomic mass is 35.5. The van der Waals surface area contributed by atoms with Crippen molar-refractivity contribution in [2.75, 3.05) is 68.7 Å². The maximum atomic E-state index is 13.5. The second-order valence-corrected chi connectivity index (χ2v) is 17.6. The van der Waals surface area contributed by atoms with E-state index in [9.17, 15) is 24.0 Å². The van der Waals surface area contributed by atoms with Gasteiger partial charge in [0.15, 0.2) is 0 Å². The molecular formula is C45H48ClN7O6. The number of nitrogens with zero attached hydrogens (tertiary/aromatic N) is 6. The summed E-state index contributed by atoms with van der Waals surface area (Å²) in [7, 11) is 0. The molecule has 1 atom stereocenters. The van der Waals surface area contributed by atoms with Crippen LogP contribution in [0.15, 0.2) is 60.7 Å². The quantitative estimate of drug-likeness (QED) is 0.222. The molecule has 0 aromatic heterocycles. The van der Waals surface area contributed by atoms with Crippen molar-refractivity contribution in [2.45, 2.75) is 63.5 Å². The van der Waals surface area contributed by atoms with Crippen LogP contribution >= 0.6 is 11.6 Å². The number of imide groups is 2. The van der Waals surface area contributed by atoms with E-state index >= 15 is 0 Å². The van der Waals surface area contributed by atoms with Crippen molar-refractivity contribution < 1.29 is 28.7 Å². The molecule has 0 bridgehead atoms. The number of hydrogen-bond acceptors (Lipinski definition) is 9. The zero-order chi connectivity index (χ0) is 40.8. The molecule has 5 fully saturated rings. The summed E-state index contributed by atoms with van der Waals surface area (Å²) in [6.07, 6.45) is 6.62. The predicted octanol–water partition coefficient (Wildman–Crippen LogP) is 5.79. The predicted molar refractivity (Wildman–Crippen MR) is 222 cm³/mol. The Morgan fingerprint density at radius 3 is 2.15 bits per heavy atom. The van der Waals surface area contributed by atoms with Crippen LogP contribution in [0.2, 0.25) is 5.02 Å². The number of carbonyl (C=O) groups excluding carboxylic acids is 5. The van der Waals surface area contributed by atoms with E-state index < -0.39 is 29.7 Å². The fourth-order valence-electron chi connectivity index (χ4n) is 9.95. The van der Waals surface area contributed by atoms with Crippen LogP contribution in [0.25, 0.3) is 4.85 Å². The second-order valence-electron chi connectivity index (χ2n) is 17.1. The van der Waals surface area contributed by atoms with Gasteiger partial charge in [-0.15, -0.1) is 0 Å². The van der Waals surface area contributed by atoms with Crippen LogP contribution < -0.4 is 19.9 Å². The molecule has 306 valence electrons. The highest BCUT2D eigenvalue weighted by molar-refractivity contribution is 6.33. The van der Waals surface area contributed by atoms with Gasteiger partial charge in [-0.05, 0) is 105 Å². The molecule has 14 heteroatoms. The molecule has 1 unspecified atom stereocenters. The molecule has 9 rings (SSSR count). The second kappa shape index (κ2) is 16.0. The van der Waals surface area contributed by atoms with E-state index in [4.69, 9.17) is 22.9 Å². The Bertz CT molecular complexity index is 2210. The summed E-state index contributed by atoms with van der Waals surface area (Å²) in [6.45, 7) is 14.9. The van der Waals surface area contributed by atoms with Crippen molar-refractivity contribution in [2.24, 2.45) is 11.3 Å². The van der Waals surface area contributed by atoms with Crippen molar-refractivity contribution in [3.63, 3.8) is 0 Å². The smallest absolute Gasteiger partial charge is 0.262 e. The SMILES string of the molecule is [C-]#[N+]c1ccc(N2CC3(CCC(Oc4ccc(C(=O)N5CCN(CC6CCN(c7ccc8c(c7)C(=O)N(C7CCC(=O)NC7=O)C8=O)CC6)CC5)cc4)CC3)C2)cc1Cl. The summed E-state index contributed by atoms with van der Waals surface area (Å²) < 4.78 is 6.38. The number of piperidine rings is 2. The van der Waals surface area contributed by atoms with Crippen LogP contribution in [0.1, 0.15) is 82.4 Å². The van der Waals surface area contributed by atoms with E-state index in [1.54, 1.807) is 18.2 Å². The number of nitrogens with one attached hydrogen (secondary N) is 1. The molecule has 5 heterocycles. The highest BCUT2D eigenvalue weighted by Crippen LogP contribution is 2.47. The molecule has 1 aliphatic carbocycles. The molecule has 5 aliphatic heterocycles. The fraction of sp³-hybridized carbons (Fsp3) is 0.467. The maximum absolute atomic E-state index is 13.5. The number of hydrogen-bond donors (Lipinski definition) is 1. The largest absolute Gasteiger partial charge is 0.490 e. The third-order valence-corrected chi connectivity index (χ3v) is 13.7. The molecule has 1 N–H and O–H groups in total. The first-order valence-corrected chi connectivity index (χ1v) is 21.3. The van der Waals surface area contributed by atoms with Crippen LogP contribution in [0.4, 0.5) is 17.1 Å². The molecular weight excluding hydrogens is 770 g/mol. The van der Waals surface area contributed by atoms with Crippen LogP contribution in [0, 0.1) is 17.9 Å². The first-order chi connectivity index (χ1) is 28.6. The molecule has 3 aromatic carbocycles. The number of fused-ring (bicyclic) bond motifs is 1. The van der Waals surface area contributed by atoms with Crippen LogP contribution in [-0.2, 0) is 9.59 Å². The minimum Gasteiger partial charge on any atom is -0.490 e. The van der Waals surface area contributed by atoms with Crippen molar-refractivity contribution >= 4 is 58.2 Å². The third-order valence-electron chi connectivity index (χ3n) is 13.4. The maximum Gasteiger partial charge on any atom is 0.262 e. The van der Waals surface area contributed by atoms with E-state index in [0.29, 0.717) is 51.8 Å². The Kier molecular flexibility index (Phi) is 10.6. The van der Waals surface area contributed by atoms with Gasteiger partial charge in [0.2, 0.25) is 17.5 Å². The lowest BCUT2D eigenvalue weighted by molar-refractivity contribution is -0.136. The van der Waals surface area contributed by atoms with Gasteiger partial charge in [-0.25, -0.2) is 4.85 Å². The molecule has 13 nitrogen and oxygen atoms in total. The normalized spacial score (nSPS) is 22.6. The number of halogens is 1. The molecule has 0 radical (unpaired) electrons. The van der Waals surface area contributed by atoms with E-state index in [1.807, 2.05) is 47.4 Å². The number of ether oxygens (including phenoxy) is 1. The molecule has 1 saturated carbocycles. The topological polar surface area (TPSA) is 127 Å². The van der Waals surface area contributed by atoms with E-state index in [-0.39, 0.29) is 24.9 Å². The lowest BCUT2D eigenvalue weighted by Crippen LogP contribution is -2.58. The van der Waals surface area contributed by atoms with Gasteiger partial charge in [0.1, 0.15) is 11.8 Å². The lowest BCUT2D eigenvalue weighted by Gasteiger charge is -2.54. The minimum absolute atomic E-state index is 0.0541. The number of benzene rings is 3. The average molecular weight is 818 g/mol. The van der Waals surface area contributed by atoms with Gasteiger partial charge in [-0.2, -0.15) is 0 Å². The molecule has 3 aromatic rings. The zero-order valence-electron chi connectivity index (χ0n) is 33.0. The van der Waals surface area contributed by atoms with Gasteiger partial charge in [-0.3, -0.25) is 39.1 Å². The minimum atomic E-state index is -0.974. The Morgan fingerprint density at radius 2 is 1.47 bits per heavy atom. The van der Waals surface area contributed by atoms with Gasteiger partial charge in [0.25, 0.3) is 17.7 Å². The lowest BCUT2D eigenvalue weighted by atomic mass is 9.67. The molecule has 6 aliphatic rings. The third kappa shape index (κ3) is 7.76. The summed E-state index contributed by atoms with van der Waals surface area (Å²) in [4.78, 5) is 77.4. The van der Waals surface area contributed by atoms with Crippen molar-refractivity contribution in [3.05, 3.63) is 93.8 Å². The van der Waals surface area contributed by atoms with Crippen molar-refractivity contribution in [1.29, 1.82) is 0 Å². The Morgan fingerprint density at radius 1 is 0.797 bits per heavy atom. The molecule has 4 saturated heterocycles. The summed E-state index contributed by atoms with van der Waals surface area (Å²) in [5.41, 5.74) is 4.05. The van der Waals surface area contributed by atoms with Gasteiger partial charge in [0, 0.05) is 92.7 Å². The van der Waals surface area contributed by atoms with Crippen LogP contribution in [0.3, 0.4) is 0 Å². The average Bonchev–Trinajstić information content (AvgIpc) is 3.48. The molecule has 5 amide bonds. The van der Waals surface area contributed by atoms with E-state index in [1.165, 1.54) is 0 Å². The Hall–Kier alpha value is -5.45. The number of piperazine rings is 1. The summed E-state index contributed by atoms with van der Waals surface area (Å²) >= 11 is 6.28. The summed E-state index contributed by atoms with van der Waals surface area (Å²) in [5.74, 6) is -0.596. The van der Waals surface area contributed by atoms with Crippen LogP contribution in [-0.4, -0.2) is 115 Å². The Labute approximate surface area is 349 Å². The fourth-order valence-corrected chi connectivity index (χ4v) is 10.2. The Balaban J connectivity index is 0.693. The highest BCUT2D eigenvalue weighted by Gasteiger charge is 2.46. The zero-order valence-corrected chi connectivity index (χ0v) is 33.8. The number of anilines is 2. The van der Waals surface area contributed by atoms with E-state index in [2.05, 4.69) is 24.9 Å². The molecule has 59 heavy (non-hydrogen) atoms. The van der Waals surface area contributed by atoms with Crippen molar-refractivity contribution in [3.8, 4) is 5.75 Å². The summed E-state index contributed by atoms with van der Waals surface area (Å²) in [6, 6.07) is 17.7. The van der Waals surface area contributed by atoms with E-state index in [0.717, 1.165) is 106 Å². The number of amides is 5. The molecule has 1 spiro atoms. The van der Waals surface area contributed by atoms with Crippen molar-refractivity contribution in [1.82, 2.24) is 20.0 Å². The standard InChI is InChI=1S/C45H48ClN7O6/c1-47-38-9-5-32(25-37(38)46)52-27-45(28-52)16-12-34(13-17-45)59-33-6-2-30(3-7-33)42(56)51-22-20-49(21-23-51)26-29-14-18-50(19-15-29)31-4-8-35-36(24-31)44(58)53(43(35)57)39-10-11-40(54)48-41(39)55/h2-9,24-25,29,34,39H,10-23,26-28H2,(H,48,54,55). The first kappa shape index (κ1) is 39.0. The number of rotatable bonds is 8. The van der Waals surface area contributed by atoms with Gasteiger partial charge in [-0.1, -0.05) is 17.7 Å². The monoisotopic (exact) mass is 817 g/mol. The first-order valence-electron chi connectivity index (χ1n) is 20.9. The van der Waals surface area contributed by atoms with Crippen LogP contribution in [0.5, 0.6) is 5.75 Å². The van der Waals surface area contributed by atoms with Gasteiger partial charge < -0.3 is 19.4 Å². The number of carbonyl (C=O) groups is 5. The van der Waals surface area contributed by atoms with Gasteiger partial charge in [0.05, 0.1) is 23.8 Å².